The van der Waals surface area contributed by atoms with Crippen LogP contribution in [0.15, 0.2) is 0 Å². The van der Waals surface area contributed by atoms with Crippen LogP contribution in [0.3, 0.4) is 0 Å². The van der Waals surface area contributed by atoms with E-state index in [2.05, 4.69) is 5.32 Å². The minimum absolute atomic E-state index is 0.194. The quantitative estimate of drug-likeness (QED) is 0.683. The molecule has 0 saturated carbocycles. The van der Waals surface area contributed by atoms with Gasteiger partial charge in [-0.3, -0.25) is 4.79 Å². The Morgan fingerprint density at radius 3 is 2.29 bits per heavy atom. The molecule has 1 heterocycles. The third-order valence-electron chi connectivity index (χ3n) is 2.21. The molecule has 0 aromatic rings. The molecular weight excluding hydrogens is 182 g/mol. The number of carbonyl (C=O) groups excluding carboxylic acids is 1. The maximum atomic E-state index is 11.5. The first kappa shape index (κ1) is 11.5. The molecule has 1 rings (SSSR count). The molecule has 0 aromatic heterocycles. The zero-order valence-corrected chi connectivity index (χ0v) is 9.35. The van der Waals surface area contributed by atoms with Crippen LogP contribution >= 0.6 is 0 Å². The summed E-state index contributed by atoms with van der Waals surface area (Å²) in [5, 5.41) is 3.09. The Morgan fingerprint density at radius 1 is 1.43 bits per heavy atom. The molecule has 0 aliphatic carbocycles. The lowest BCUT2D eigenvalue weighted by atomic mass is 9.93. The van der Waals surface area contributed by atoms with Gasteiger partial charge < -0.3 is 14.8 Å². The van der Waals surface area contributed by atoms with Crippen molar-refractivity contribution in [3.8, 4) is 0 Å². The first-order chi connectivity index (χ1) is 6.37. The molecule has 82 valence electrons. The van der Waals surface area contributed by atoms with Crippen LogP contribution in [0.5, 0.6) is 0 Å². The maximum absolute atomic E-state index is 11.5. The van der Waals surface area contributed by atoms with Crippen molar-refractivity contribution in [2.24, 2.45) is 0 Å². The average molecular weight is 201 g/mol. The molecule has 1 fully saturated rings. The Hall–Kier alpha value is -0.610. The van der Waals surface area contributed by atoms with Crippen LogP contribution in [-0.2, 0) is 14.3 Å². The largest absolute Gasteiger partial charge is 0.460 e. The molecular formula is C10H19NO3. The van der Waals surface area contributed by atoms with E-state index in [1.54, 1.807) is 7.11 Å². The number of carbonyl (C=O) groups is 1. The fourth-order valence-corrected chi connectivity index (χ4v) is 1.39. The molecule has 0 amide bonds. The van der Waals surface area contributed by atoms with E-state index in [0.717, 1.165) is 13.1 Å². The average Bonchev–Trinajstić information content (AvgIpc) is 1.93. The molecule has 4 nitrogen and oxygen atoms in total. The van der Waals surface area contributed by atoms with Crippen molar-refractivity contribution in [3.63, 3.8) is 0 Å². The first-order valence-electron chi connectivity index (χ1n) is 4.85. The Labute approximate surface area is 85.0 Å². The summed E-state index contributed by atoms with van der Waals surface area (Å²) in [7, 11) is 1.63. The Morgan fingerprint density at radius 2 is 2.00 bits per heavy atom. The van der Waals surface area contributed by atoms with Crippen molar-refractivity contribution in [3.05, 3.63) is 0 Å². The molecule has 0 bridgehead atoms. The SMILES string of the molecule is COC1(CC(=O)OC(C)(C)C)CNC1. The van der Waals surface area contributed by atoms with Crippen molar-refractivity contribution >= 4 is 5.97 Å². The standard InChI is InChI=1S/C10H19NO3/c1-9(2,3)14-8(12)5-10(13-4)6-11-7-10/h11H,5-7H2,1-4H3. The summed E-state index contributed by atoms with van der Waals surface area (Å²) in [5.41, 5.74) is -0.745. The van der Waals surface area contributed by atoms with E-state index in [4.69, 9.17) is 9.47 Å². The van der Waals surface area contributed by atoms with Gasteiger partial charge in [0.2, 0.25) is 0 Å². The summed E-state index contributed by atoms with van der Waals surface area (Å²) in [6, 6.07) is 0. The van der Waals surface area contributed by atoms with Gasteiger partial charge in [0.05, 0.1) is 6.42 Å². The monoisotopic (exact) mass is 201 g/mol. The van der Waals surface area contributed by atoms with Crippen molar-refractivity contribution in [2.45, 2.75) is 38.4 Å². The molecule has 0 aromatic carbocycles. The zero-order chi connectivity index (χ0) is 10.8. The summed E-state index contributed by atoms with van der Waals surface area (Å²) in [4.78, 5) is 11.5. The van der Waals surface area contributed by atoms with Gasteiger partial charge in [-0.15, -0.1) is 0 Å². The number of nitrogens with one attached hydrogen (secondary N) is 1. The van der Waals surface area contributed by atoms with E-state index in [-0.39, 0.29) is 11.6 Å². The second kappa shape index (κ2) is 3.87. The van der Waals surface area contributed by atoms with E-state index < -0.39 is 5.60 Å². The predicted molar refractivity (Wildman–Crippen MR) is 53.1 cm³/mol. The fraction of sp³-hybridized carbons (Fsp3) is 0.900. The Balaban J connectivity index is 2.40. The highest BCUT2D eigenvalue weighted by atomic mass is 16.6. The maximum Gasteiger partial charge on any atom is 0.309 e. The van der Waals surface area contributed by atoms with Crippen LogP contribution in [0.1, 0.15) is 27.2 Å². The number of hydrogen-bond donors (Lipinski definition) is 1. The molecule has 0 unspecified atom stereocenters. The van der Waals surface area contributed by atoms with E-state index in [1.165, 1.54) is 0 Å². The number of methoxy groups -OCH3 is 1. The lowest BCUT2D eigenvalue weighted by Gasteiger charge is -2.40. The smallest absolute Gasteiger partial charge is 0.309 e. The van der Waals surface area contributed by atoms with E-state index in [0.29, 0.717) is 6.42 Å². The molecule has 1 N–H and O–H groups in total. The van der Waals surface area contributed by atoms with Gasteiger partial charge in [0, 0.05) is 20.2 Å². The Bertz CT molecular complexity index is 210. The van der Waals surface area contributed by atoms with Crippen molar-refractivity contribution in [1.29, 1.82) is 0 Å². The van der Waals surface area contributed by atoms with Crippen molar-refractivity contribution in [2.75, 3.05) is 20.2 Å². The topological polar surface area (TPSA) is 47.6 Å². The van der Waals surface area contributed by atoms with Crippen LogP contribution in [0.4, 0.5) is 0 Å². The zero-order valence-electron chi connectivity index (χ0n) is 9.35. The predicted octanol–water partition coefficient (Wildman–Crippen LogP) is 0.707. The summed E-state index contributed by atoms with van der Waals surface area (Å²) in [6.45, 7) is 7.04. The van der Waals surface area contributed by atoms with Gasteiger partial charge in [-0.05, 0) is 20.8 Å². The molecule has 1 aliphatic rings. The molecule has 1 aliphatic heterocycles. The molecule has 0 spiro atoms. The summed E-state index contributed by atoms with van der Waals surface area (Å²) in [6.07, 6.45) is 0.327. The molecule has 1 saturated heterocycles. The molecule has 14 heavy (non-hydrogen) atoms. The molecule has 0 radical (unpaired) electrons. The Kier molecular flexibility index (Phi) is 3.17. The van der Waals surface area contributed by atoms with Gasteiger partial charge in [-0.2, -0.15) is 0 Å². The lowest BCUT2D eigenvalue weighted by Crippen LogP contribution is -2.61. The number of hydrogen-bond acceptors (Lipinski definition) is 4. The van der Waals surface area contributed by atoms with Gasteiger partial charge in [0.25, 0.3) is 0 Å². The number of rotatable bonds is 3. The number of esters is 1. The van der Waals surface area contributed by atoms with Crippen LogP contribution in [-0.4, -0.2) is 37.4 Å². The van der Waals surface area contributed by atoms with E-state index >= 15 is 0 Å². The van der Waals surface area contributed by atoms with Crippen LogP contribution in [0.25, 0.3) is 0 Å². The fourth-order valence-electron chi connectivity index (χ4n) is 1.39. The van der Waals surface area contributed by atoms with Crippen LogP contribution in [0, 0.1) is 0 Å². The summed E-state index contributed by atoms with van der Waals surface area (Å²) < 4.78 is 10.5. The second-order valence-corrected chi connectivity index (χ2v) is 4.75. The highest BCUT2D eigenvalue weighted by Crippen LogP contribution is 2.22. The molecule has 0 atom stereocenters. The third-order valence-corrected chi connectivity index (χ3v) is 2.21. The van der Waals surface area contributed by atoms with Gasteiger partial charge >= 0.3 is 5.97 Å². The van der Waals surface area contributed by atoms with E-state index in [9.17, 15) is 4.79 Å². The second-order valence-electron chi connectivity index (χ2n) is 4.75. The van der Waals surface area contributed by atoms with Gasteiger partial charge in [0.15, 0.2) is 0 Å². The van der Waals surface area contributed by atoms with Crippen LogP contribution < -0.4 is 5.32 Å². The first-order valence-corrected chi connectivity index (χ1v) is 4.85. The van der Waals surface area contributed by atoms with Crippen molar-refractivity contribution < 1.29 is 14.3 Å². The van der Waals surface area contributed by atoms with E-state index in [1.807, 2.05) is 20.8 Å². The number of ether oxygens (including phenoxy) is 2. The van der Waals surface area contributed by atoms with Crippen LogP contribution in [0.2, 0.25) is 0 Å². The summed E-state index contributed by atoms with van der Waals surface area (Å²) in [5.74, 6) is -0.194. The summed E-state index contributed by atoms with van der Waals surface area (Å²) >= 11 is 0. The van der Waals surface area contributed by atoms with Crippen molar-refractivity contribution in [1.82, 2.24) is 5.32 Å². The highest BCUT2D eigenvalue weighted by Gasteiger charge is 2.40. The third kappa shape index (κ3) is 2.96. The minimum atomic E-state index is -0.414. The minimum Gasteiger partial charge on any atom is -0.460 e. The lowest BCUT2D eigenvalue weighted by molar-refractivity contribution is -0.164. The normalized spacial score (nSPS) is 20.0. The highest BCUT2D eigenvalue weighted by molar-refractivity contribution is 5.71. The molecule has 4 heteroatoms. The van der Waals surface area contributed by atoms with Gasteiger partial charge in [-0.25, -0.2) is 0 Å². The van der Waals surface area contributed by atoms with Gasteiger partial charge in [0.1, 0.15) is 11.2 Å². The van der Waals surface area contributed by atoms with Gasteiger partial charge in [-0.1, -0.05) is 0 Å².